The van der Waals surface area contributed by atoms with Crippen molar-refractivity contribution in [1.82, 2.24) is 14.9 Å². The number of nitrogens with one attached hydrogen (secondary N) is 1. The molecule has 1 aliphatic rings. The van der Waals surface area contributed by atoms with Crippen LogP contribution < -0.4 is 5.32 Å². The quantitative estimate of drug-likeness (QED) is 0.454. The number of carbonyl (C=O) groups is 1. The predicted octanol–water partition coefficient (Wildman–Crippen LogP) is 3.44. The molecule has 4 heterocycles. The van der Waals surface area contributed by atoms with Crippen molar-refractivity contribution in [2.75, 3.05) is 18.5 Å². The molecule has 2 unspecified atom stereocenters. The maximum Gasteiger partial charge on any atom is 0.225 e. The van der Waals surface area contributed by atoms with Gasteiger partial charge < -0.3 is 15.2 Å². The van der Waals surface area contributed by atoms with Crippen LogP contribution in [0.15, 0.2) is 49.1 Å². The van der Waals surface area contributed by atoms with Crippen LogP contribution in [0.5, 0.6) is 0 Å². The van der Waals surface area contributed by atoms with E-state index in [1.54, 1.807) is 24.8 Å². The predicted molar refractivity (Wildman–Crippen MR) is 129 cm³/mol. The highest BCUT2D eigenvalue weighted by Crippen LogP contribution is 2.37. The summed E-state index contributed by atoms with van der Waals surface area (Å²) in [7, 11) is 0. The number of aliphatic hydroxyl groups is 1. The number of aliphatic hydroxyl groups excluding tert-OH is 1. The summed E-state index contributed by atoms with van der Waals surface area (Å²) in [4.78, 5) is 23.7. The molecule has 0 radical (unpaired) electrons. The summed E-state index contributed by atoms with van der Waals surface area (Å²) in [5, 5.41) is 23.8. The normalized spacial score (nSPS) is 15.2. The first kappa shape index (κ1) is 24.0. The number of pyridine rings is 2. The maximum absolute atomic E-state index is 12.7. The van der Waals surface area contributed by atoms with Gasteiger partial charge in [0.25, 0.3) is 0 Å². The fourth-order valence-corrected chi connectivity index (χ4v) is 5.23. The molecular formula is C25H27N5O3S. The van der Waals surface area contributed by atoms with Crippen LogP contribution >= 0.6 is 11.3 Å². The number of rotatable bonds is 9. The minimum atomic E-state index is -1.03. The monoisotopic (exact) mass is 477 g/mol. The molecule has 0 fully saturated rings. The summed E-state index contributed by atoms with van der Waals surface area (Å²) in [5.41, 5.74) is 3.51. The molecule has 1 aliphatic heterocycles. The first-order valence-corrected chi connectivity index (χ1v) is 12.0. The van der Waals surface area contributed by atoms with E-state index < -0.39 is 6.41 Å². The highest BCUT2D eigenvalue weighted by atomic mass is 32.1. The lowest BCUT2D eigenvalue weighted by atomic mass is 9.99. The fraction of sp³-hybridized carbons (Fsp3) is 0.360. The lowest BCUT2D eigenvalue weighted by molar-refractivity contribution is -0.197. The van der Waals surface area contributed by atoms with Crippen molar-refractivity contribution < 1.29 is 14.6 Å². The molecule has 4 rings (SSSR count). The average Bonchev–Trinajstić information content (AvgIpc) is 3.20. The van der Waals surface area contributed by atoms with Gasteiger partial charge in [-0.2, -0.15) is 5.26 Å². The van der Waals surface area contributed by atoms with Crippen LogP contribution in [-0.2, 0) is 28.9 Å². The number of ether oxygens (including phenoxy) is 1. The van der Waals surface area contributed by atoms with Gasteiger partial charge in [0.15, 0.2) is 0 Å². The van der Waals surface area contributed by atoms with Crippen LogP contribution in [0.1, 0.15) is 46.4 Å². The first-order chi connectivity index (χ1) is 16.5. The first-order valence-electron chi connectivity index (χ1n) is 11.2. The molecule has 34 heavy (non-hydrogen) atoms. The second kappa shape index (κ2) is 11.3. The zero-order valence-corrected chi connectivity index (χ0v) is 19.8. The van der Waals surface area contributed by atoms with Crippen LogP contribution in [-0.4, -0.2) is 45.4 Å². The van der Waals surface area contributed by atoms with Gasteiger partial charge in [-0.05, 0) is 47.6 Å². The summed E-state index contributed by atoms with van der Waals surface area (Å²) in [6, 6.07) is 9.91. The smallest absolute Gasteiger partial charge is 0.225 e. The molecule has 9 heteroatoms. The molecule has 1 amide bonds. The van der Waals surface area contributed by atoms with Gasteiger partial charge in [-0.3, -0.25) is 14.8 Å². The molecule has 8 nitrogen and oxygen atoms in total. The van der Waals surface area contributed by atoms with E-state index in [0.717, 1.165) is 21.6 Å². The molecule has 2 atom stereocenters. The highest BCUT2D eigenvalue weighted by molar-refractivity contribution is 7.16. The van der Waals surface area contributed by atoms with E-state index in [1.165, 1.54) is 11.3 Å². The molecule has 2 N–H and O–H groups in total. The Labute approximate surface area is 202 Å². The van der Waals surface area contributed by atoms with Gasteiger partial charge in [-0.1, -0.05) is 19.1 Å². The number of nitriles is 1. The van der Waals surface area contributed by atoms with Crippen molar-refractivity contribution in [3.8, 4) is 6.07 Å². The molecular weight excluding hydrogens is 450 g/mol. The van der Waals surface area contributed by atoms with Gasteiger partial charge in [0.2, 0.25) is 12.3 Å². The van der Waals surface area contributed by atoms with Crippen LogP contribution in [0.25, 0.3) is 0 Å². The number of carbonyl (C=O) groups excluding carboxylic acids is 1. The van der Waals surface area contributed by atoms with E-state index >= 15 is 0 Å². The highest BCUT2D eigenvalue weighted by Gasteiger charge is 2.28. The van der Waals surface area contributed by atoms with Gasteiger partial charge in [-0.15, -0.1) is 11.3 Å². The van der Waals surface area contributed by atoms with E-state index in [4.69, 9.17) is 4.74 Å². The molecule has 0 saturated heterocycles. The van der Waals surface area contributed by atoms with E-state index in [2.05, 4.69) is 21.4 Å². The van der Waals surface area contributed by atoms with Crippen LogP contribution in [0.3, 0.4) is 0 Å². The second-order valence-electron chi connectivity index (χ2n) is 8.29. The molecule has 0 bridgehead atoms. The molecule has 0 aliphatic carbocycles. The van der Waals surface area contributed by atoms with E-state index in [0.29, 0.717) is 49.5 Å². The standard InChI is InChI=1S/C25H27N5O3S/c1-17(19-5-3-9-28-15-19)12-23(31)29-24-21(13-26)20-6-10-30(16-22(20)34-24)25(32)33-11-7-18-4-2-8-27-14-18/h2-5,8-9,14-15,17,25,32H,6-7,10-12,16H2,1H3,(H,29,31). The Balaban J connectivity index is 1.35. The largest absolute Gasteiger partial charge is 0.356 e. The van der Waals surface area contributed by atoms with Crippen molar-refractivity contribution in [3.63, 3.8) is 0 Å². The van der Waals surface area contributed by atoms with Crippen molar-refractivity contribution in [2.24, 2.45) is 0 Å². The number of hydrogen-bond donors (Lipinski definition) is 2. The molecule has 176 valence electrons. The van der Waals surface area contributed by atoms with Gasteiger partial charge in [0, 0.05) is 49.2 Å². The Hall–Kier alpha value is -3.16. The number of nitrogens with zero attached hydrogens (tertiary/aromatic N) is 4. The SMILES string of the molecule is CC(CC(=O)Nc1sc2c(c1C#N)CCN(C(O)OCCc1cccnc1)C2)c1cccnc1. The summed E-state index contributed by atoms with van der Waals surface area (Å²) in [5.74, 6) is -0.120. The van der Waals surface area contributed by atoms with Gasteiger partial charge in [0.05, 0.1) is 12.2 Å². The number of fused-ring (bicyclic) bond motifs is 1. The van der Waals surface area contributed by atoms with Crippen LogP contribution in [0.2, 0.25) is 0 Å². The van der Waals surface area contributed by atoms with Crippen molar-refractivity contribution in [2.45, 2.75) is 45.1 Å². The molecule has 0 aromatic carbocycles. The molecule has 3 aromatic heterocycles. The zero-order chi connectivity index (χ0) is 23.9. The summed E-state index contributed by atoms with van der Waals surface area (Å²) in [6.45, 7) is 3.39. The van der Waals surface area contributed by atoms with Crippen molar-refractivity contribution >= 4 is 22.2 Å². The lowest BCUT2D eigenvalue weighted by Gasteiger charge is -2.30. The maximum atomic E-state index is 12.7. The van der Waals surface area contributed by atoms with E-state index in [-0.39, 0.29) is 11.8 Å². The number of hydrogen-bond acceptors (Lipinski definition) is 8. The Morgan fingerprint density at radius 1 is 1.32 bits per heavy atom. The topological polar surface area (TPSA) is 111 Å². The number of amides is 1. The fourth-order valence-electron chi connectivity index (χ4n) is 3.99. The van der Waals surface area contributed by atoms with Crippen LogP contribution in [0, 0.1) is 11.3 Å². The van der Waals surface area contributed by atoms with Gasteiger partial charge in [0.1, 0.15) is 11.1 Å². The minimum Gasteiger partial charge on any atom is -0.356 e. The van der Waals surface area contributed by atoms with Gasteiger partial charge >= 0.3 is 0 Å². The van der Waals surface area contributed by atoms with Gasteiger partial charge in [-0.25, -0.2) is 4.90 Å². The Bertz CT molecular complexity index is 1150. The van der Waals surface area contributed by atoms with Crippen molar-refractivity contribution in [3.05, 3.63) is 76.2 Å². The lowest BCUT2D eigenvalue weighted by Crippen LogP contribution is -2.40. The third kappa shape index (κ3) is 5.85. The second-order valence-corrected chi connectivity index (χ2v) is 9.39. The zero-order valence-electron chi connectivity index (χ0n) is 19.0. The Morgan fingerprint density at radius 3 is 2.82 bits per heavy atom. The third-order valence-electron chi connectivity index (χ3n) is 5.89. The van der Waals surface area contributed by atoms with Crippen LogP contribution in [0.4, 0.5) is 5.00 Å². The van der Waals surface area contributed by atoms with Crippen molar-refractivity contribution in [1.29, 1.82) is 5.26 Å². The Morgan fingerprint density at radius 2 is 2.12 bits per heavy atom. The average molecular weight is 478 g/mol. The third-order valence-corrected chi connectivity index (χ3v) is 7.02. The number of aromatic nitrogens is 2. The Kier molecular flexibility index (Phi) is 7.98. The minimum absolute atomic E-state index is 0.0169. The number of thiophene rings is 1. The molecule has 0 spiro atoms. The number of anilines is 1. The summed E-state index contributed by atoms with van der Waals surface area (Å²) >= 11 is 1.40. The van der Waals surface area contributed by atoms with E-state index in [1.807, 2.05) is 36.1 Å². The summed E-state index contributed by atoms with van der Waals surface area (Å²) < 4.78 is 5.63. The summed E-state index contributed by atoms with van der Waals surface area (Å²) in [6.07, 6.45) is 7.52. The molecule has 3 aromatic rings. The van der Waals surface area contributed by atoms with E-state index in [9.17, 15) is 15.2 Å². The molecule has 0 saturated carbocycles.